The van der Waals surface area contributed by atoms with E-state index in [4.69, 9.17) is 10.5 Å². The Morgan fingerprint density at radius 2 is 2.35 bits per heavy atom. The van der Waals surface area contributed by atoms with Crippen molar-refractivity contribution in [2.45, 2.75) is 13.3 Å². The number of esters is 1. The van der Waals surface area contributed by atoms with Crippen LogP contribution in [-0.4, -0.2) is 31.2 Å². The Morgan fingerprint density at radius 1 is 1.65 bits per heavy atom. The van der Waals surface area contributed by atoms with Gasteiger partial charge in [0.1, 0.15) is 0 Å². The van der Waals surface area contributed by atoms with Gasteiger partial charge in [0.05, 0.1) is 18.7 Å². The molecule has 0 saturated carbocycles. The second kappa shape index (κ2) is 6.44. The molecule has 0 unspecified atom stereocenters. The molecule has 0 atom stereocenters. The molecule has 0 fully saturated rings. The number of rotatable bonds is 5. The van der Waals surface area contributed by atoms with Crippen LogP contribution in [0.15, 0.2) is 16.7 Å². The van der Waals surface area contributed by atoms with Crippen molar-refractivity contribution in [3.8, 4) is 0 Å². The number of nitrogens with zero attached hydrogens (tertiary/aromatic N) is 2. The normalized spacial score (nSPS) is 10.1. The van der Waals surface area contributed by atoms with E-state index in [-0.39, 0.29) is 5.97 Å². The Hall–Kier alpha value is -1.30. The van der Waals surface area contributed by atoms with Crippen molar-refractivity contribution in [2.24, 2.45) is 0 Å². The quantitative estimate of drug-likeness (QED) is 0.840. The number of aromatic nitrogens is 1. The van der Waals surface area contributed by atoms with Crippen LogP contribution in [-0.2, 0) is 9.53 Å². The van der Waals surface area contributed by atoms with Crippen LogP contribution in [0.5, 0.6) is 0 Å². The standard InChI is InChI=1S/C11H16BrN3O2/c1-3-17-10(16)4-5-15(2)11-9(13)6-8(12)7-14-11/h6-7H,3-5,13H2,1-2H3. The van der Waals surface area contributed by atoms with Gasteiger partial charge in [0, 0.05) is 24.3 Å². The Morgan fingerprint density at radius 3 is 2.94 bits per heavy atom. The number of hydrogen-bond donors (Lipinski definition) is 1. The first-order valence-electron chi connectivity index (χ1n) is 5.32. The maximum absolute atomic E-state index is 11.2. The summed E-state index contributed by atoms with van der Waals surface area (Å²) in [7, 11) is 1.84. The van der Waals surface area contributed by atoms with Gasteiger partial charge in [-0.3, -0.25) is 4.79 Å². The SMILES string of the molecule is CCOC(=O)CCN(C)c1ncc(Br)cc1N. The Labute approximate surface area is 109 Å². The highest BCUT2D eigenvalue weighted by atomic mass is 79.9. The summed E-state index contributed by atoms with van der Waals surface area (Å²) in [4.78, 5) is 17.2. The molecule has 17 heavy (non-hydrogen) atoms. The lowest BCUT2D eigenvalue weighted by Gasteiger charge is -2.19. The van der Waals surface area contributed by atoms with Gasteiger partial charge in [-0.2, -0.15) is 0 Å². The molecule has 2 N–H and O–H groups in total. The number of pyridine rings is 1. The molecular formula is C11H16BrN3O2. The molecule has 0 bridgehead atoms. The first-order chi connectivity index (χ1) is 8.04. The molecule has 0 aliphatic rings. The summed E-state index contributed by atoms with van der Waals surface area (Å²) in [6.07, 6.45) is 1.99. The average Bonchev–Trinajstić information content (AvgIpc) is 2.26. The van der Waals surface area contributed by atoms with E-state index in [0.717, 1.165) is 4.47 Å². The average molecular weight is 302 g/mol. The van der Waals surface area contributed by atoms with Gasteiger partial charge >= 0.3 is 5.97 Å². The van der Waals surface area contributed by atoms with Crippen LogP contribution < -0.4 is 10.6 Å². The topological polar surface area (TPSA) is 68.5 Å². The van der Waals surface area contributed by atoms with E-state index in [1.807, 2.05) is 11.9 Å². The number of nitrogens with two attached hydrogens (primary N) is 1. The van der Waals surface area contributed by atoms with E-state index in [1.165, 1.54) is 0 Å². The zero-order valence-electron chi connectivity index (χ0n) is 9.94. The van der Waals surface area contributed by atoms with Crippen LogP contribution in [0.4, 0.5) is 11.5 Å². The largest absolute Gasteiger partial charge is 0.466 e. The van der Waals surface area contributed by atoms with E-state index in [1.54, 1.807) is 19.2 Å². The highest BCUT2D eigenvalue weighted by Crippen LogP contribution is 2.22. The van der Waals surface area contributed by atoms with E-state index in [0.29, 0.717) is 31.1 Å². The molecule has 1 rings (SSSR count). The maximum Gasteiger partial charge on any atom is 0.307 e. The third-order valence-corrected chi connectivity index (χ3v) is 2.61. The highest BCUT2D eigenvalue weighted by Gasteiger charge is 2.10. The first kappa shape index (κ1) is 13.8. The number of carbonyl (C=O) groups excluding carboxylic acids is 1. The molecule has 0 radical (unpaired) electrons. The number of halogens is 1. The van der Waals surface area contributed by atoms with Gasteiger partial charge in [-0.1, -0.05) is 0 Å². The zero-order chi connectivity index (χ0) is 12.8. The van der Waals surface area contributed by atoms with Gasteiger partial charge in [0.15, 0.2) is 5.82 Å². The molecule has 6 heteroatoms. The van der Waals surface area contributed by atoms with Gasteiger partial charge in [0.2, 0.25) is 0 Å². The lowest BCUT2D eigenvalue weighted by atomic mass is 10.3. The second-order valence-corrected chi connectivity index (χ2v) is 4.46. The smallest absolute Gasteiger partial charge is 0.307 e. The van der Waals surface area contributed by atoms with E-state index in [2.05, 4.69) is 20.9 Å². The molecule has 1 heterocycles. The summed E-state index contributed by atoms with van der Waals surface area (Å²) in [5, 5.41) is 0. The van der Waals surface area contributed by atoms with Gasteiger partial charge in [-0.15, -0.1) is 0 Å². The number of anilines is 2. The van der Waals surface area contributed by atoms with Crippen LogP contribution >= 0.6 is 15.9 Å². The van der Waals surface area contributed by atoms with Crippen LogP contribution in [0.1, 0.15) is 13.3 Å². The molecule has 0 spiro atoms. The van der Waals surface area contributed by atoms with E-state index in [9.17, 15) is 4.79 Å². The van der Waals surface area contributed by atoms with Crippen molar-refractivity contribution in [1.29, 1.82) is 0 Å². The van der Waals surface area contributed by atoms with Crippen molar-refractivity contribution in [2.75, 3.05) is 30.8 Å². The van der Waals surface area contributed by atoms with Crippen LogP contribution in [0.25, 0.3) is 0 Å². The fourth-order valence-corrected chi connectivity index (χ4v) is 1.71. The van der Waals surface area contributed by atoms with Crippen molar-refractivity contribution in [3.63, 3.8) is 0 Å². The molecule has 0 saturated heterocycles. The van der Waals surface area contributed by atoms with Crippen LogP contribution in [0.2, 0.25) is 0 Å². The molecule has 1 aromatic heterocycles. The van der Waals surface area contributed by atoms with Gasteiger partial charge in [-0.05, 0) is 28.9 Å². The number of carbonyl (C=O) groups is 1. The van der Waals surface area contributed by atoms with Crippen molar-refractivity contribution < 1.29 is 9.53 Å². The molecule has 0 aliphatic carbocycles. The molecule has 0 amide bonds. The molecule has 94 valence electrons. The lowest BCUT2D eigenvalue weighted by Crippen LogP contribution is -2.23. The molecule has 0 aliphatic heterocycles. The zero-order valence-corrected chi connectivity index (χ0v) is 11.5. The third-order valence-electron chi connectivity index (χ3n) is 2.18. The van der Waals surface area contributed by atoms with Gasteiger partial charge < -0.3 is 15.4 Å². The second-order valence-electron chi connectivity index (χ2n) is 3.54. The molecular weight excluding hydrogens is 286 g/mol. The summed E-state index contributed by atoms with van der Waals surface area (Å²) in [6, 6.07) is 1.78. The third kappa shape index (κ3) is 4.22. The predicted octanol–water partition coefficient (Wildman–Crippen LogP) is 1.82. The predicted molar refractivity (Wildman–Crippen MR) is 70.9 cm³/mol. The monoisotopic (exact) mass is 301 g/mol. The fraction of sp³-hybridized carbons (Fsp3) is 0.455. The minimum atomic E-state index is -0.213. The van der Waals surface area contributed by atoms with Crippen molar-refractivity contribution >= 4 is 33.4 Å². The van der Waals surface area contributed by atoms with E-state index < -0.39 is 0 Å². The maximum atomic E-state index is 11.2. The Kier molecular flexibility index (Phi) is 5.21. The summed E-state index contributed by atoms with van der Waals surface area (Å²) in [5.41, 5.74) is 6.41. The minimum Gasteiger partial charge on any atom is -0.466 e. The van der Waals surface area contributed by atoms with E-state index >= 15 is 0 Å². The Balaban J connectivity index is 2.57. The van der Waals surface area contributed by atoms with Gasteiger partial charge in [0.25, 0.3) is 0 Å². The molecule has 5 nitrogen and oxygen atoms in total. The highest BCUT2D eigenvalue weighted by molar-refractivity contribution is 9.10. The van der Waals surface area contributed by atoms with Gasteiger partial charge in [-0.25, -0.2) is 4.98 Å². The summed E-state index contributed by atoms with van der Waals surface area (Å²) in [6.45, 7) is 2.72. The first-order valence-corrected chi connectivity index (χ1v) is 6.11. The molecule has 1 aromatic rings. The van der Waals surface area contributed by atoms with Crippen molar-refractivity contribution in [3.05, 3.63) is 16.7 Å². The summed E-state index contributed by atoms with van der Waals surface area (Å²) < 4.78 is 5.68. The lowest BCUT2D eigenvalue weighted by molar-refractivity contribution is -0.142. The Bertz CT molecular complexity index is 398. The molecule has 0 aromatic carbocycles. The number of ether oxygens (including phenoxy) is 1. The summed E-state index contributed by atoms with van der Waals surface area (Å²) >= 11 is 3.29. The number of nitrogen functional groups attached to an aromatic ring is 1. The number of hydrogen-bond acceptors (Lipinski definition) is 5. The van der Waals surface area contributed by atoms with Crippen LogP contribution in [0.3, 0.4) is 0 Å². The van der Waals surface area contributed by atoms with Crippen molar-refractivity contribution in [1.82, 2.24) is 4.98 Å². The minimum absolute atomic E-state index is 0.213. The fourth-order valence-electron chi connectivity index (χ4n) is 1.36. The summed E-state index contributed by atoms with van der Waals surface area (Å²) in [5.74, 6) is 0.451. The van der Waals surface area contributed by atoms with Crippen LogP contribution in [0, 0.1) is 0 Å².